The fourth-order valence-corrected chi connectivity index (χ4v) is 6.91. The topological polar surface area (TPSA) is 363 Å². The number of nitrogens with zero attached hydrogens (tertiary/aromatic N) is 11. The standard InChI is InChI=1S/C18H20N6O.2C17H18N8O.CH4/c1-13-8-11-21-18(22-13)20-10-5-9-19-17(25)16-12-15(23-24-16)14-6-3-2-4-7-14;18-23-15-7-10-21-17(22-15)20-9-4-8-19-16(26)14-11-13(24-25-14)12-5-2-1-3-6-12;18-23-17-21-10-7-15(22-17)19-8-4-9-20-16(26)14-11-13(24-25-14)12-5-2-1-3-6-12;/h2-4,6-8,11-12H,5,9-10H2,1H3,(H,19,25)(H,23,24)(H,20,21,22);1-3,5-7,10-11,18H,4,8-9H2,(H,19,26)(H,24,25)(H,20,21,22);1-3,5-7,10-11,18H,4,8-9H2,(H,20,26)(H,24,25)(H,19,21,22);1H4/p+2. The van der Waals surface area contributed by atoms with Crippen LogP contribution >= 0.6 is 0 Å². The summed E-state index contributed by atoms with van der Waals surface area (Å²) in [6, 6.07) is 39.5. The maximum atomic E-state index is 12.2. The minimum Gasteiger partial charge on any atom is -0.370 e. The molecule has 0 atom stereocenters. The number of carbonyl (C=O) groups excluding carboxylic acids is 3. The molecule has 78 heavy (non-hydrogen) atoms. The number of anilines is 3. The second kappa shape index (κ2) is 30.7. The minimum atomic E-state index is -0.195. The van der Waals surface area contributed by atoms with Crippen molar-refractivity contribution in [3.63, 3.8) is 0 Å². The molecule has 0 fully saturated rings. The van der Waals surface area contributed by atoms with Gasteiger partial charge in [-0.25, -0.2) is 19.9 Å². The van der Waals surface area contributed by atoms with E-state index in [1.807, 2.05) is 104 Å². The van der Waals surface area contributed by atoms with Crippen molar-refractivity contribution < 1.29 is 25.4 Å². The number of H-pyrrole nitrogens is 3. The number of benzene rings is 3. The first-order valence-electron chi connectivity index (χ1n) is 24.4. The van der Waals surface area contributed by atoms with Gasteiger partial charge in [-0.1, -0.05) is 98.4 Å². The van der Waals surface area contributed by atoms with E-state index < -0.39 is 0 Å². The Bertz CT molecular complexity index is 3130. The highest BCUT2D eigenvalue weighted by molar-refractivity contribution is 5.94. The van der Waals surface area contributed by atoms with Gasteiger partial charge in [0.15, 0.2) is 0 Å². The van der Waals surface area contributed by atoms with Gasteiger partial charge in [0.2, 0.25) is 17.7 Å². The molecule has 0 aliphatic heterocycles. The smallest absolute Gasteiger partial charge is 0.315 e. The molecule has 0 saturated carbocycles. The zero-order chi connectivity index (χ0) is 53.9. The van der Waals surface area contributed by atoms with E-state index in [0.717, 1.165) is 52.3 Å². The average molecular weight is 1060 g/mol. The van der Waals surface area contributed by atoms with Crippen LogP contribution in [0.1, 0.15) is 63.8 Å². The van der Waals surface area contributed by atoms with E-state index in [9.17, 15) is 14.4 Å². The fourth-order valence-electron chi connectivity index (χ4n) is 6.91. The Morgan fingerprint density at radius 2 is 0.885 bits per heavy atom. The number of carbonyl (C=O) groups is 3. The Hall–Kier alpha value is -10.5. The number of hydrogen-bond acceptors (Lipinski definition) is 17. The van der Waals surface area contributed by atoms with Gasteiger partial charge in [-0.2, -0.15) is 30.8 Å². The fraction of sp³-hybridized carbons (Fsp3) is 0.208. The number of amides is 3. The van der Waals surface area contributed by atoms with Crippen LogP contribution in [-0.4, -0.2) is 117 Å². The van der Waals surface area contributed by atoms with E-state index in [1.165, 1.54) is 0 Å². The first-order valence-corrected chi connectivity index (χ1v) is 24.4. The van der Waals surface area contributed by atoms with E-state index in [-0.39, 0.29) is 31.1 Å². The van der Waals surface area contributed by atoms with Gasteiger partial charge in [0, 0.05) is 96.5 Å². The lowest BCUT2D eigenvalue weighted by molar-refractivity contribution is -0.211. The maximum absolute atomic E-state index is 12.2. The average Bonchev–Trinajstić information content (AvgIpc) is 4.30. The highest BCUT2D eigenvalue weighted by Crippen LogP contribution is 2.19. The molecule has 25 heteroatoms. The number of hydrogen-bond donors (Lipinski definition) is 11. The number of aromatic nitrogens is 12. The molecule has 3 aromatic carbocycles. The molecule has 3 amide bonds. The number of aryl methyl sites for hydroxylation is 1. The molecular weight excluding hydrogens is 993 g/mol. The summed E-state index contributed by atoms with van der Waals surface area (Å²) in [7, 11) is 0. The molecule has 9 aromatic rings. The predicted octanol–water partition coefficient (Wildman–Crippen LogP) is 4.93. The first-order chi connectivity index (χ1) is 37.7. The molecule has 9 rings (SSSR count). The van der Waals surface area contributed by atoms with Crippen molar-refractivity contribution in [1.29, 1.82) is 0 Å². The van der Waals surface area contributed by atoms with Crippen LogP contribution in [-0.2, 0) is 0 Å². The number of aromatic amines is 3. The van der Waals surface area contributed by atoms with Crippen LogP contribution in [0.5, 0.6) is 0 Å². The summed E-state index contributed by atoms with van der Waals surface area (Å²) in [6.07, 6.45) is 7.07. The Morgan fingerprint density at radius 3 is 1.31 bits per heavy atom. The Morgan fingerprint density at radius 1 is 0.474 bits per heavy atom. The molecule has 0 bridgehead atoms. The van der Waals surface area contributed by atoms with Gasteiger partial charge in [-0.15, -0.1) is 5.53 Å². The van der Waals surface area contributed by atoms with Crippen molar-refractivity contribution in [3.8, 4) is 33.8 Å². The maximum Gasteiger partial charge on any atom is 0.315 e. The molecule has 0 saturated heterocycles. The SMILES string of the molecule is C.Cc1ccnc(NCCCNC(=O)c2cc(-c3ccccc3)n[nH]2)n1.[NH2+]=Nc1ccnc(NCCCNC(=O)c2cc(-c3ccccc3)n[nH]2)n1.[NH2+]=Nc1nccc(NCCCNC(=O)c2cc(-c3ccccc3)n[nH]2)n1. The third-order valence-corrected chi connectivity index (χ3v) is 10.8. The van der Waals surface area contributed by atoms with Crippen LogP contribution in [0.25, 0.3) is 33.8 Å². The third kappa shape index (κ3) is 18.2. The van der Waals surface area contributed by atoms with Gasteiger partial charge in [-0.3, -0.25) is 29.7 Å². The molecule has 0 spiro atoms. The van der Waals surface area contributed by atoms with Gasteiger partial charge in [0.1, 0.15) is 22.9 Å². The Balaban J connectivity index is 0.000000188. The highest BCUT2D eigenvalue weighted by atomic mass is 16.2. The second-order valence-corrected chi connectivity index (χ2v) is 16.5. The zero-order valence-corrected chi connectivity index (χ0v) is 42.0. The van der Waals surface area contributed by atoms with Crippen molar-refractivity contribution in [2.45, 2.75) is 33.6 Å². The van der Waals surface area contributed by atoms with E-state index in [2.05, 4.69) is 103 Å². The Labute approximate surface area is 449 Å². The number of nitrogens with two attached hydrogens (primary N) is 2. The van der Waals surface area contributed by atoms with Crippen LogP contribution in [0, 0.1) is 6.92 Å². The van der Waals surface area contributed by atoms with Crippen LogP contribution in [0.3, 0.4) is 0 Å². The summed E-state index contributed by atoms with van der Waals surface area (Å²) in [5.74, 6) is 1.77. The predicted molar refractivity (Wildman–Crippen MR) is 294 cm³/mol. The summed E-state index contributed by atoms with van der Waals surface area (Å²) >= 11 is 0. The summed E-state index contributed by atoms with van der Waals surface area (Å²) < 4.78 is 0. The zero-order valence-electron chi connectivity index (χ0n) is 42.0. The van der Waals surface area contributed by atoms with E-state index >= 15 is 0 Å². The van der Waals surface area contributed by atoms with Gasteiger partial charge < -0.3 is 31.9 Å². The normalized spacial score (nSPS) is 10.2. The van der Waals surface area contributed by atoms with Gasteiger partial charge in [0.25, 0.3) is 17.7 Å². The van der Waals surface area contributed by atoms with Gasteiger partial charge in [0.05, 0.1) is 17.1 Å². The van der Waals surface area contributed by atoms with Crippen LogP contribution in [0.4, 0.5) is 29.5 Å². The molecule has 6 heterocycles. The molecule has 0 radical (unpaired) electrons. The van der Waals surface area contributed by atoms with Crippen LogP contribution in [0.2, 0.25) is 0 Å². The monoisotopic (exact) mass is 1050 g/mol. The minimum absolute atomic E-state index is 0. The molecule has 400 valence electrons. The van der Waals surface area contributed by atoms with Crippen LogP contribution in [0.15, 0.2) is 156 Å². The largest absolute Gasteiger partial charge is 0.370 e. The van der Waals surface area contributed by atoms with Gasteiger partial charge >= 0.3 is 5.95 Å². The quantitative estimate of drug-likeness (QED) is 0.0299. The molecule has 0 aliphatic rings. The third-order valence-electron chi connectivity index (χ3n) is 10.8. The van der Waals surface area contributed by atoms with Crippen molar-refractivity contribution in [2.24, 2.45) is 10.2 Å². The first kappa shape index (κ1) is 56.8. The van der Waals surface area contributed by atoms with Crippen LogP contribution < -0.4 is 43.0 Å². The molecule has 25 nitrogen and oxygen atoms in total. The lowest BCUT2D eigenvalue weighted by Gasteiger charge is -2.06. The van der Waals surface area contributed by atoms with Gasteiger partial charge in [-0.05, 0) is 56.5 Å². The van der Waals surface area contributed by atoms with Crippen molar-refractivity contribution in [2.75, 3.05) is 55.2 Å². The highest BCUT2D eigenvalue weighted by Gasteiger charge is 2.13. The number of nitrogens with one attached hydrogen (secondary N) is 9. The summed E-state index contributed by atoms with van der Waals surface area (Å²) in [4.78, 5) is 61.0. The number of rotatable bonds is 23. The lowest BCUT2D eigenvalue weighted by atomic mass is 10.1. The van der Waals surface area contributed by atoms with E-state index in [0.29, 0.717) is 86.3 Å². The van der Waals surface area contributed by atoms with Crippen molar-refractivity contribution in [3.05, 3.63) is 169 Å². The van der Waals surface area contributed by atoms with Crippen molar-refractivity contribution in [1.82, 2.24) is 76.4 Å². The molecule has 13 N–H and O–H groups in total. The Kier molecular flexibility index (Phi) is 22.3. The summed E-state index contributed by atoms with van der Waals surface area (Å²) in [6.45, 7) is 5.42. The molecule has 0 aliphatic carbocycles. The van der Waals surface area contributed by atoms with E-state index in [4.69, 9.17) is 11.1 Å². The lowest BCUT2D eigenvalue weighted by Crippen LogP contribution is -2.26. The molecule has 0 unspecified atom stereocenters. The van der Waals surface area contributed by atoms with E-state index in [1.54, 1.807) is 48.9 Å². The summed E-state index contributed by atoms with van der Waals surface area (Å²) in [5.41, 5.74) is 17.7. The molecule has 6 aromatic heterocycles. The summed E-state index contributed by atoms with van der Waals surface area (Å²) in [5, 5.41) is 45.6. The van der Waals surface area contributed by atoms with Crippen molar-refractivity contribution >= 4 is 47.2 Å². The molecular formula is C53H62N22O3+2. The second-order valence-electron chi connectivity index (χ2n) is 16.5.